The highest BCUT2D eigenvalue weighted by atomic mass is 19.2. The van der Waals surface area contributed by atoms with Gasteiger partial charge in [0.1, 0.15) is 0 Å². The third kappa shape index (κ3) is 2.71. The summed E-state index contributed by atoms with van der Waals surface area (Å²) in [5.41, 5.74) is -0.911. The lowest BCUT2D eigenvalue weighted by Gasteiger charge is -2.22. The van der Waals surface area contributed by atoms with E-state index in [0.29, 0.717) is 0 Å². The zero-order chi connectivity index (χ0) is 13.7. The fraction of sp³-hybridized carbons (Fsp3) is 0.364. The first-order chi connectivity index (χ1) is 8.52. The average Bonchev–Trinajstić information content (AvgIpc) is 2.34. The molecule has 0 saturated carbocycles. The van der Waals surface area contributed by atoms with E-state index in [1.807, 2.05) is 6.07 Å². The summed E-state index contributed by atoms with van der Waals surface area (Å²) < 4.78 is 26.8. The van der Waals surface area contributed by atoms with Gasteiger partial charge >= 0.3 is 0 Å². The Morgan fingerprint density at radius 3 is 2.67 bits per heavy atom. The minimum absolute atomic E-state index is 0.0704. The fourth-order valence-corrected chi connectivity index (χ4v) is 1.59. The number of hydrogen-bond donors (Lipinski definition) is 0. The van der Waals surface area contributed by atoms with Crippen LogP contribution in [0.15, 0.2) is 12.1 Å². The van der Waals surface area contributed by atoms with Crippen LogP contribution in [0.25, 0.3) is 0 Å². The predicted molar refractivity (Wildman–Crippen MR) is 61.1 cm³/mol. The average molecular weight is 255 g/mol. The molecule has 0 bridgehead atoms. The summed E-state index contributed by atoms with van der Waals surface area (Å²) in [5, 5.41) is 19.3. The summed E-state index contributed by atoms with van der Waals surface area (Å²) in [6, 6.07) is 3.49. The molecule has 0 aromatic heterocycles. The van der Waals surface area contributed by atoms with Crippen molar-refractivity contribution in [2.75, 3.05) is 18.0 Å². The third-order valence-corrected chi connectivity index (χ3v) is 2.44. The van der Waals surface area contributed by atoms with E-state index < -0.39 is 27.9 Å². The molecule has 0 radical (unpaired) electrons. The van der Waals surface area contributed by atoms with Gasteiger partial charge in [-0.05, 0) is 13.0 Å². The number of nitriles is 1. The van der Waals surface area contributed by atoms with Crippen molar-refractivity contribution in [1.82, 2.24) is 0 Å². The molecule has 18 heavy (non-hydrogen) atoms. The van der Waals surface area contributed by atoms with Crippen LogP contribution in [0.3, 0.4) is 0 Å². The van der Waals surface area contributed by atoms with Crippen LogP contribution in [0.1, 0.15) is 13.3 Å². The SMILES string of the molecule is CCN(CCC#N)c1c([N+](=O)[O-])ccc(F)c1F. The Morgan fingerprint density at radius 2 is 2.17 bits per heavy atom. The molecule has 0 fully saturated rings. The van der Waals surface area contributed by atoms with Gasteiger partial charge in [-0.2, -0.15) is 5.26 Å². The molecule has 0 unspecified atom stereocenters. The molecule has 1 rings (SSSR count). The van der Waals surface area contributed by atoms with E-state index in [0.717, 1.165) is 12.1 Å². The topological polar surface area (TPSA) is 70.2 Å². The fourth-order valence-electron chi connectivity index (χ4n) is 1.59. The Hall–Kier alpha value is -2.23. The maximum atomic E-state index is 13.7. The van der Waals surface area contributed by atoms with Crippen LogP contribution in [-0.4, -0.2) is 18.0 Å². The van der Waals surface area contributed by atoms with Crippen LogP contribution in [0.2, 0.25) is 0 Å². The standard InChI is InChI=1S/C11H11F2N3O2/c1-2-15(7-3-6-14)11-9(16(17)18)5-4-8(12)10(11)13/h4-5H,2-3,7H2,1H3. The van der Waals surface area contributed by atoms with E-state index in [1.54, 1.807) is 6.92 Å². The summed E-state index contributed by atoms with van der Waals surface area (Å²) in [6.45, 7) is 1.99. The Bertz CT molecular complexity index is 500. The lowest BCUT2D eigenvalue weighted by molar-refractivity contribution is -0.384. The van der Waals surface area contributed by atoms with Gasteiger partial charge in [0, 0.05) is 19.2 Å². The van der Waals surface area contributed by atoms with Crippen molar-refractivity contribution in [3.63, 3.8) is 0 Å². The number of nitro groups is 1. The molecule has 0 aliphatic rings. The largest absolute Gasteiger partial charge is 0.363 e. The van der Waals surface area contributed by atoms with E-state index in [2.05, 4.69) is 0 Å². The van der Waals surface area contributed by atoms with Crippen LogP contribution in [-0.2, 0) is 0 Å². The van der Waals surface area contributed by atoms with Gasteiger partial charge in [0.25, 0.3) is 5.69 Å². The molecule has 7 heteroatoms. The van der Waals surface area contributed by atoms with Gasteiger partial charge in [0.15, 0.2) is 17.3 Å². The Morgan fingerprint density at radius 1 is 1.50 bits per heavy atom. The number of rotatable bonds is 5. The van der Waals surface area contributed by atoms with E-state index in [1.165, 1.54) is 4.90 Å². The van der Waals surface area contributed by atoms with Gasteiger partial charge in [-0.3, -0.25) is 10.1 Å². The first kappa shape index (κ1) is 13.8. The number of hydrogen-bond acceptors (Lipinski definition) is 4. The van der Waals surface area contributed by atoms with E-state index >= 15 is 0 Å². The zero-order valence-electron chi connectivity index (χ0n) is 9.69. The lowest BCUT2D eigenvalue weighted by atomic mass is 10.2. The molecular weight excluding hydrogens is 244 g/mol. The van der Waals surface area contributed by atoms with Crippen molar-refractivity contribution >= 4 is 11.4 Å². The Balaban J connectivity index is 3.30. The first-order valence-electron chi connectivity index (χ1n) is 5.27. The molecule has 0 saturated heterocycles. The molecular formula is C11H11F2N3O2. The van der Waals surface area contributed by atoms with Crippen molar-refractivity contribution in [3.05, 3.63) is 33.9 Å². The maximum absolute atomic E-state index is 13.7. The van der Waals surface area contributed by atoms with E-state index in [4.69, 9.17) is 5.26 Å². The van der Waals surface area contributed by atoms with Gasteiger partial charge in [-0.15, -0.1) is 0 Å². The van der Waals surface area contributed by atoms with Gasteiger partial charge in [-0.25, -0.2) is 8.78 Å². The van der Waals surface area contributed by atoms with Crippen LogP contribution in [0.4, 0.5) is 20.2 Å². The molecule has 0 amide bonds. The summed E-state index contributed by atoms with van der Waals surface area (Å²) in [5.74, 6) is -2.41. The molecule has 1 aromatic carbocycles. The van der Waals surface area contributed by atoms with Crippen molar-refractivity contribution in [2.24, 2.45) is 0 Å². The minimum Gasteiger partial charge on any atom is -0.363 e. The molecule has 0 spiro atoms. The van der Waals surface area contributed by atoms with E-state index in [-0.39, 0.29) is 19.5 Å². The molecule has 0 N–H and O–H groups in total. The molecule has 0 heterocycles. The van der Waals surface area contributed by atoms with Gasteiger partial charge < -0.3 is 4.90 Å². The zero-order valence-corrected chi connectivity index (χ0v) is 9.69. The number of anilines is 1. The Kier molecular flexibility index (Phi) is 4.54. The van der Waals surface area contributed by atoms with Crippen LogP contribution < -0.4 is 4.90 Å². The van der Waals surface area contributed by atoms with E-state index in [9.17, 15) is 18.9 Å². The smallest absolute Gasteiger partial charge is 0.295 e. The maximum Gasteiger partial charge on any atom is 0.295 e. The molecule has 1 aromatic rings. The van der Waals surface area contributed by atoms with Crippen molar-refractivity contribution in [3.8, 4) is 6.07 Å². The van der Waals surface area contributed by atoms with Gasteiger partial charge in [0.2, 0.25) is 0 Å². The highest BCUT2D eigenvalue weighted by Gasteiger charge is 2.25. The number of nitro benzene ring substituents is 1. The van der Waals surface area contributed by atoms with Gasteiger partial charge in [0.05, 0.1) is 17.4 Å². The summed E-state index contributed by atoms with van der Waals surface area (Å²) >= 11 is 0. The normalized spacial score (nSPS) is 9.89. The van der Waals surface area contributed by atoms with Crippen molar-refractivity contribution < 1.29 is 13.7 Å². The second-order valence-electron chi connectivity index (χ2n) is 3.47. The Labute approximate surface area is 102 Å². The second-order valence-corrected chi connectivity index (χ2v) is 3.47. The number of nitrogens with zero attached hydrogens (tertiary/aromatic N) is 3. The molecule has 0 atom stereocenters. The molecule has 5 nitrogen and oxygen atoms in total. The van der Waals surface area contributed by atoms with Crippen LogP contribution in [0.5, 0.6) is 0 Å². The molecule has 0 aliphatic carbocycles. The van der Waals surface area contributed by atoms with Gasteiger partial charge in [-0.1, -0.05) is 0 Å². The number of benzene rings is 1. The highest BCUT2D eigenvalue weighted by molar-refractivity contribution is 5.64. The summed E-state index contributed by atoms with van der Waals surface area (Å²) in [6.07, 6.45) is 0.0704. The quantitative estimate of drug-likeness (QED) is 0.599. The summed E-state index contributed by atoms with van der Waals surface area (Å²) in [7, 11) is 0. The van der Waals surface area contributed by atoms with Crippen molar-refractivity contribution in [1.29, 1.82) is 5.26 Å². The minimum atomic E-state index is -1.26. The summed E-state index contributed by atoms with van der Waals surface area (Å²) in [4.78, 5) is 11.3. The second kappa shape index (κ2) is 5.91. The highest BCUT2D eigenvalue weighted by Crippen LogP contribution is 2.32. The van der Waals surface area contributed by atoms with Crippen LogP contribution >= 0.6 is 0 Å². The van der Waals surface area contributed by atoms with Crippen LogP contribution in [0, 0.1) is 33.1 Å². The molecule has 0 aliphatic heterocycles. The monoisotopic (exact) mass is 255 g/mol. The lowest BCUT2D eigenvalue weighted by Crippen LogP contribution is -2.26. The first-order valence-corrected chi connectivity index (χ1v) is 5.27. The third-order valence-electron chi connectivity index (χ3n) is 2.44. The predicted octanol–water partition coefficient (Wildman–Crippen LogP) is 2.61. The molecule has 96 valence electrons. The number of halogens is 2. The van der Waals surface area contributed by atoms with Crippen molar-refractivity contribution in [2.45, 2.75) is 13.3 Å².